The number of aliphatic imine (C=N–C) groups is 1. The van der Waals surface area contributed by atoms with Crippen LogP contribution in [0.2, 0.25) is 0 Å². The van der Waals surface area contributed by atoms with E-state index in [1.807, 2.05) is 25.3 Å². The van der Waals surface area contributed by atoms with Gasteiger partial charge in [-0.15, -0.1) is 0 Å². The van der Waals surface area contributed by atoms with E-state index >= 15 is 0 Å². The number of fused-ring (bicyclic) bond motifs is 1. The Kier molecular flexibility index (Phi) is 5.85. The molecular formula is C26H25FN2O2. The van der Waals surface area contributed by atoms with Crippen molar-refractivity contribution in [3.05, 3.63) is 88.2 Å². The second kappa shape index (κ2) is 8.72. The molecule has 5 heteroatoms. The van der Waals surface area contributed by atoms with Crippen LogP contribution < -0.4 is 4.74 Å². The van der Waals surface area contributed by atoms with Gasteiger partial charge >= 0.3 is 0 Å². The lowest BCUT2D eigenvalue weighted by atomic mass is 9.99. The summed E-state index contributed by atoms with van der Waals surface area (Å²) in [7, 11) is 1.80. The highest BCUT2D eigenvalue weighted by Gasteiger charge is 2.19. The predicted octanol–water partition coefficient (Wildman–Crippen LogP) is 5.40. The molecule has 0 saturated carbocycles. The number of benzene rings is 3. The van der Waals surface area contributed by atoms with Gasteiger partial charge in [0.2, 0.25) is 0 Å². The molecule has 0 aromatic heterocycles. The quantitative estimate of drug-likeness (QED) is 0.540. The van der Waals surface area contributed by atoms with Crippen LogP contribution in [0.25, 0.3) is 11.1 Å². The molecule has 31 heavy (non-hydrogen) atoms. The van der Waals surface area contributed by atoms with Crippen LogP contribution in [0.1, 0.15) is 39.5 Å². The van der Waals surface area contributed by atoms with Gasteiger partial charge in [0.05, 0.1) is 13.2 Å². The number of halogens is 1. The zero-order chi connectivity index (χ0) is 22.0. The maximum atomic E-state index is 13.7. The molecule has 158 valence electrons. The summed E-state index contributed by atoms with van der Waals surface area (Å²) in [5.74, 6) is 0.160. The molecule has 0 atom stereocenters. The molecule has 0 radical (unpaired) electrons. The lowest BCUT2D eigenvalue weighted by Crippen LogP contribution is -2.27. The molecule has 4 rings (SSSR count). The molecule has 3 aromatic carbocycles. The average Bonchev–Trinajstić information content (AvgIpc) is 3.22. The molecule has 0 saturated heterocycles. The number of carbonyl (C=O) groups is 1. The van der Waals surface area contributed by atoms with Crippen molar-refractivity contribution in [3.8, 4) is 16.9 Å². The Labute approximate surface area is 182 Å². The number of rotatable bonds is 6. The Morgan fingerprint density at radius 1 is 1.16 bits per heavy atom. The average molecular weight is 416 g/mol. The first-order valence-electron chi connectivity index (χ1n) is 10.4. The van der Waals surface area contributed by atoms with E-state index in [1.54, 1.807) is 30.1 Å². The zero-order valence-corrected chi connectivity index (χ0v) is 18.0. The van der Waals surface area contributed by atoms with Gasteiger partial charge in [-0.2, -0.15) is 0 Å². The van der Waals surface area contributed by atoms with Crippen molar-refractivity contribution in [2.24, 2.45) is 4.99 Å². The van der Waals surface area contributed by atoms with E-state index in [2.05, 4.69) is 24.0 Å². The molecule has 3 aromatic rings. The summed E-state index contributed by atoms with van der Waals surface area (Å²) in [5, 5.41) is 0. The number of hydrogen-bond donors (Lipinski definition) is 0. The van der Waals surface area contributed by atoms with Crippen molar-refractivity contribution < 1.29 is 13.9 Å². The summed E-state index contributed by atoms with van der Waals surface area (Å²) in [5.41, 5.74) is 6.59. The molecule has 0 bridgehead atoms. The number of carbonyl (C=O) groups excluding carboxylic acids is 1. The molecule has 0 unspecified atom stereocenters. The topological polar surface area (TPSA) is 41.9 Å². The van der Waals surface area contributed by atoms with Gasteiger partial charge in [0.1, 0.15) is 11.6 Å². The number of hydrogen-bond acceptors (Lipinski definition) is 3. The minimum atomic E-state index is -0.311. The normalized spacial score (nSPS) is 12.0. The van der Waals surface area contributed by atoms with E-state index in [0.717, 1.165) is 22.3 Å². The van der Waals surface area contributed by atoms with Crippen LogP contribution >= 0.6 is 0 Å². The molecule has 4 nitrogen and oxygen atoms in total. The summed E-state index contributed by atoms with van der Waals surface area (Å²) >= 11 is 0. The lowest BCUT2D eigenvalue weighted by molar-refractivity contribution is 0.0784. The van der Waals surface area contributed by atoms with Crippen molar-refractivity contribution in [1.29, 1.82) is 0 Å². The number of amides is 1. The zero-order valence-electron chi connectivity index (χ0n) is 18.0. The number of nitrogens with zero attached hydrogens (tertiary/aromatic N) is 2. The molecule has 0 aliphatic carbocycles. The molecular weight excluding hydrogens is 391 g/mol. The highest BCUT2D eigenvalue weighted by Crippen LogP contribution is 2.32. The highest BCUT2D eigenvalue weighted by molar-refractivity contribution is 5.95. The maximum absolute atomic E-state index is 13.7. The van der Waals surface area contributed by atoms with E-state index in [9.17, 15) is 9.18 Å². The Bertz CT molecular complexity index is 1170. The molecule has 1 amide bonds. The molecule has 0 fully saturated rings. The summed E-state index contributed by atoms with van der Waals surface area (Å²) in [6.07, 6.45) is 1.90. The van der Waals surface area contributed by atoms with Gasteiger partial charge in [-0.3, -0.25) is 9.79 Å². The fourth-order valence-electron chi connectivity index (χ4n) is 3.98. The molecule has 0 spiro atoms. The molecule has 1 aliphatic heterocycles. The lowest BCUT2D eigenvalue weighted by Gasteiger charge is -2.20. The third-order valence-electron chi connectivity index (χ3n) is 5.42. The van der Waals surface area contributed by atoms with Gasteiger partial charge in [-0.25, -0.2) is 4.39 Å². The van der Waals surface area contributed by atoms with Crippen molar-refractivity contribution >= 4 is 12.1 Å². The highest BCUT2D eigenvalue weighted by atomic mass is 19.1. The fourth-order valence-corrected chi connectivity index (χ4v) is 3.98. The fraction of sp³-hybridized carbons (Fsp3) is 0.231. The number of ether oxygens (including phenoxy) is 1. The van der Waals surface area contributed by atoms with Gasteiger partial charge in [0.15, 0.2) is 0 Å². The smallest absolute Gasteiger partial charge is 0.254 e. The van der Waals surface area contributed by atoms with Crippen molar-refractivity contribution in [1.82, 2.24) is 4.90 Å². The third kappa shape index (κ3) is 4.36. The van der Waals surface area contributed by atoms with Crippen LogP contribution in [-0.4, -0.2) is 30.7 Å². The summed E-state index contributed by atoms with van der Waals surface area (Å²) < 4.78 is 19.5. The Morgan fingerprint density at radius 3 is 2.77 bits per heavy atom. The first-order chi connectivity index (χ1) is 15.0. The number of aryl methyl sites for hydroxylation is 1. The Hall–Kier alpha value is -3.47. The van der Waals surface area contributed by atoms with Crippen LogP contribution in [-0.2, 0) is 13.1 Å². The monoisotopic (exact) mass is 416 g/mol. The van der Waals surface area contributed by atoms with Crippen LogP contribution in [0.4, 0.5) is 4.39 Å². The van der Waals surface area contributed by atoms with E-state index < -0.39 is 0 Å². The van der Waals surface area contributed by atoms with E-state index in [4.69, 9.17) is 4.74 Å². The second-order valence-corrected chi connectivity index (χ2v) is 7.78. The largest absolute Gasteiger partial charge is 0.493 e. The van der Waals surface area contributed by atoms with Gasteiger partial charge in [-0.1, -0.05) is 29.8 Å². The van der Waals surface area contributed by atoms with E-state index in [-0.39, 0.29) is 11.7 Å². The van der Waals surface area contributed by atoms with Crippen LogP contribution in [0, 0.1) is 12.7 Å². The second-order valence-electron chi connectivity index (χ2n) is 7.78. The first-order valence-corrected chi connectivity index (χ1v) is 10.4. The molecule has 0 N–H and O–H groups in total. The van der Waals surface area contributed by atoms with Crippen molar-refractivity contribution in [2.75, 3.05) is 13.7 Å². The van der Waals surface area contributed by atoms with Crippen LogP contribution in [0.3, 0.4) is 0 Å². The van der Waals surface area contributed by atoms with Crippen LogP contribution in [0.15, 0.2) is 59.6 Å². The minimum Gasteiger partial charge on any atom is -0.493 e. The first kappa shape index (κ1) is 20.8. The van der Waals surface area contributed by atoms with Crippen molar-refractivity contribution in [2.45, 2.75) is 26.9 Å². The van der Waals surface area contributed by atoms with Gasteiger partial charge < -0.3 is 9.64 Å². The van der Waals surface area contributed by atoms with Gasteiger partial charge in [-0.05, 0) is 66.4 Å². The minimum absolute atomic E-state index is 0.0964. The summed E-state index contributed by atoms with van der Waals surface area (Å²) in [6.45, 7) is 5.55. The Morgan fingerprint density at radius 2 is 2.00 bits per heavy atom. The predicted molar refractivity (Wildman–Crippen MR) is 121 cm³/mol. The van der Waals surface area contributed by atoms with Gasteiger partial charge in [0.25, 0.3) is 5.91 Å². The van der Waals surface area contributed by atoms with Crippen molar-refractivity contribution in [3.63, 3.8) is 0 Å². The standard InChI is InChI=1S/C26H25FN2O2/c1-4-31-25-13-19(8-9-23(25)18-6-5-7-22(27)12-18)26(30)29(3)16-21-11-17(2)10-20-14-28-15-24(20)21/h5-14H,4,15-16H2,1-3H3. The summed E-state index contributed by atoms with van der Waals surface area (Å²) in [4.78, 5) is 19.2. The van der Waals surface area contributed by atoms with E-state index in [0.29, 0.717) is 36.6 Å². The summed E-state index contributed by atoms with van der Waals surface area (Å²) in [6, 6.07) is 15.9. The Balaban J connectivity index is 1.61. The molecule has 1 aliphatic rings. The third-order valence-corrected chi connectivity index (χ3v) is 5.42. The van der Waals surface area contributed by atoms with Gasteiger partial charge in [0, 0.05) is 30.9 Å². The van der Waals surface area contributed by atoms with E-state index in [1.165, 1.54) is 17.7 Å². The molecule has 1 heterocycles. The maximum Gasteiger partial charge on any atom is 0.254 e. The van der Waals surface area contributed by atoms with Crippen LogP contribution in [0.5, 0.6) is 5.75 Å². The SMILES string of the molecule is CCOc1cc(C(=O)N(C)Cc2cc(C)cc3c2CN=C3)ccc1-c1cccc(F)c1.